The first kappa shape index (κ1) is 20.6. The Bertz CT molecular complexity index is 1070. The number of thiophene rings is 1. The van der Waals surface area contributed by atoms with E-state index in [-0.39, 0.29) is 18.9 Å². The topological polar surface area (TPSA) is 79.0 Å². The molecule has 31 heavy (non-hydrogen) atoms. The van der Waals surface area contributed by atoms with Crippen LogP contribution in [-0.4, -0.2) is 35.9 Å². The van der Waals surface area contributed by atoms with Crippen LogP contribution in [0.1, 0.15) is 11.3 Å². The maximum Gasteiger partial charge on any atom is 0.332 e. The number of carbonyl (C=O) groups excluding carboxylic acids is 3. The smallest absolute Gasteiger partial charge is 0.332 e. The van der Waals surface area contributed by atoms with Crippen molar-refractivity contribution in [2.24, 2.45) is 0 Å². The number of amides is 4. The Morgan fingerprint density at radius 3 is 2.42 bits per heavy atom. The van der Waals surface area contributed by atoms with Crippen LogP contribution >= 0.6 is 11.3 Å². The first-order valence-corrected chi connectivity index (χ1v) is 10.6. The van der Waals surface area contributed by atoms with E-state index in [1.165, 1.54) is 16.2 Å². The number of urea groups is 1. The Kier molecular flexibility index (Phi) is 5.99. The minimum atomic E-state index is -0.881. The van der Waals surface area contributed by atoms with Gasteiger partial charge in [0.2, 0.25) is 5.91 Å². The molecule has 4 amide bonds. The third-order valence-electron chi connectivity index (χ3n) is 4.99. The van der Waals surface area contributed by atoms with Crippen LogP contribution in [0.15, 0.2) is 72.1 Å². The van der Waals surface area contributed by atoms with E-state index >= 15 is 0 Å². The number of nitrogens with one attached hydrogen (secondary N) is 1. The van der Waals surface area contributed by atoms with E-state index in [9.17, 15) is 14.4 Å². The molecule has 0 unspecified atom stereocenters. The van der Waals surface area contributed by atoms with E-state index in [0.29, 0.717) is 17.1 Å². The summed E-state index contributed by atoms with van der Waals surface area (Å²) in [6.07, 6.45) is -0.134. The maximum atomic E-state index is 13.2. The number of anilines is 2. The first-order chi connectivity index (χ1) is 15.1. The van der Waals surface area contributed by atoms with Crippen molar-refractivity contribution >= 4 is 40.6 Å². The number of benzene rings is 2. The van der Waals surface area contributed by atoms with Crippen molar-refractivity contribution in [1.29, 1.82) is 0 Å². The number of imide groups is 1. The molecule has 0 saturated carbocycles. The molecule has 1 saturated heterocycles. The van der Waals surface area contributed by atoms with Crippen LogP contribution in [0, 0.1) is 0 Å². The summed E-state index contributed by atoms with van der Waals surface area (Å²) < 4.78 is 5.12. The Hall–Kier alpha value is -3.65. The Balaban J connectivity index is 1.55. The molecule has 1 aliphatic heterocycles. The van der Waals surface area contributed by atoms with E-state index in [1.807, 2.05) is 23.6 Å². The molecule has 1 aliphatic rings. The lowest BCUT2D eigenvalue weighted by atomic mass is 10.1. The summed E-state index contributed by atoms with van der Waals surface area (Å²) >= 11 is 1.50. The highest BCUT2D eigenvalue weighted by Gasteiger charge is 2.46. The van der Waals surface area contributed by atoms with Crippen LogP contribution in [0.2, 0.25) is 0 Å². The molecule has 1 N–H and O–H groups in total. The number of rotatable bonds is 7. The average Bonchev–Trinajstić information content (AvgIpc) is 3.37. The zero-order valence-electron chi connectivity index (χ0n) is 16.9. The number of ether oxygens (including phenoxy) is 1. The monoisotopic (exact) mass is 435 g/mol. The van der Waals surface area contributed by atoms with Crippen molar-refractivity contribution in [3.8, 4) is 5.75 Å². The molecule has 7 nitrogen and oxygen atoms in total. The number of hydrogen-bond donors (Lipinski definition) is 1. The van der Waals surface area contributed by atoms with E-state index in [2.05, 4.69) is 5.32 Å². The molecule has 0 aliphatic carbocycles. The summed E-state index contributed by atoms with van der Waals surface area (Å²) in [5.41, 5.74) is 1.08. The largest absolute Gasteiger partial charge is 0.497 e. The van der Waals surface area contributed by atoms with Crippen molar-refractivity contribution in [2.75, 3.05) is 17.3 Å². The molecule has 3 aromatic rings. The molecule has 1 aromatic heterocycles. The molecule has 0 spiro atoms. The van der Waals surface area contributed by atoms with Crippen molar-refractivity contribution in [3.05, 3.63) is 77.0 Å². The van der Waals surface area contributed by atoms with E-state index in [1.54, 1.807) is 55.6 Å². The van der Waals surface area contributed by atoms with E-state index < -0.39 is 18.0 Å². The van der Waals surface area contributed by atoms with Crippen LogP contribution < -0.4 is 15.0 Å². The van der Waals surface area contributed by atoms with Gasteiger partial charge >= 0.3 is 6.03 Å². The standard InChI is InChI=1S/C23H21N3O4S/c1-30-18-11-9-16(10-12-18)24-21(27)14-20-22(28)26(17-6-3-2-4-7-17)23(29)25(20)15-19-8-5-13-31-19/h2-13,20H,14-15H2,1H3,(H,24,27)/t20-/m0/s1. The Labute approximate surface area is 183 Å². The molecule has 0 radical (unpaired) electrons. The fraction of sp³-hybridized carbons (Fsp3) is 0.174. The molecule has 1 atom stereocenters. The molecule has 0 bridgehead atoms. The number of carbonyl (C=O) groups is 3. The Morgan fingerprint density at radius 2 is 1.77 bits per heavy atom. The SMILES string of the molecule is COc1ccc(NC(=O)C[C@H]2C(=O)N(c3ccccc3)C(=O)N2Cc2cccs2)cc1. The van der Waals surface area contributed by atoms with Crippen molar-refractivity contribution in [3.63, 3.8) is 0 Å². The molecule has 8 heteroatoms. The lowest BCUT2D eigenvalue weighted by Crippen LogP contribution is -2.37. The molecule has 2 aromatic carbocycles. The fourth-order valence-corrected chi connectivity index (χ4v) is 4.16. The molecule has 1 fully saturated rings. The second-order valence-corrected chi connectivity index (χ2v) is 8.03. The van der Waals surface area contributed by atoms with Gasteiger partial charge in [-0.3, -0.25) is 9.59 Å². The van der Waals surface area contributed by atoms with Gasteiger partial charge in [0, 0.05) is 10.6 Å². The van der Waals surface area contributed by atoms with Gasteiger partial charge in [0.15, 0.2) is 0 Å². The van der Waals surface area contributed by atoms with Gasteiger partial charge in [-0.05, 0) is 47.8 Å². The second-order valence-electron chi connectivity index (χ2n) is 7.00. The average molecular weight is 436 g/mol. The summed E-state index contributed by atoms with van der Waals surface area (Å²) in [6.45, 7) is 0.270. The van der Waals surface area contributed by atoms with E-state index in [4.69, 9.17) is 4.74 Å². The first-order valence-electron chi connectivity index (χ1n) is 9.72. The summed E-state index contributed by atoms with van der Waals surface area (Å²) in [6, 6.07) is 18.2. The van der Waals surface area contributed by atoms with Crippen molar-refractivity contribution in [2.45, 2.75) is 19.0 Å². The fourth-order valence-electron chi connectivity index (χ4n) is 3.46. The quantitative estimate of drug-likeness (QED) is 0.566. The van der Waals surface area contributed by atoms with Gasteiger partial charge in [-0.2, -0.15) is 0 Å². The minimum absolute atomic E-state index is 0.134. The third-order valence-corrected chi connectivity index (χ3v) is 5.85. The molecule has 158 valence electrons. The van der Waals surface area contributed by atoms with Crippen molar-refractivity contribution in [1.82, 2.24) is 4.90 Å². The zero-order chi connectivity index (χ0) is 21.8. The maximum absolute atomic E-state index is 13.2. The van der Waals surface area contributed by atoms with Gasteiger partial charge in [0.05, 0.1) is 25.8 Å². The van der Waals surface area contributed by atoms with Crippen LogP contribution in [-0.2, 0) is 16.1 Å². The summed E-state index contributed by atoms with van der Waals surface area (Å²) in [7, 11) is 1.57. The van der Waals surface area contributed by atoms with Gasteiger partial charge in [0.1, 0.15) is 11.8 Å². The molecule has 4 rings (SSSR count). The van der Waals surface area contributed by atoms with Gasteiger partial charge in [-0.1, -0.05) is 24.3 Å². The number of hydrogen-bond acceptors (Lipinski definition) is 5. The normalized spacial score (nSPS) is 16.0. The number of para-hydroxylation sites is 1. The number of methoxy groups -OCH3 is 1. The van der Waals surface area contributed by atoms with Gasteiger partial charge in [0.25, 0.3) is 5.91 Å². The van der Waals surface area contributed by atoms with Crippen molar-refractivity contribution < 1.29 is 19.1 Å². The zero-order valence-corrected chi connectivity index (χ0v) is 17.7. The minimum Gasteiger partial charge on any atom is -0.497 e. The summed E-state index contributed by atoms with van der Waals surface area (Å²) in [5, 5.41) is 4.70. The molecular weight excluding hydrogens is 414 g/mol. The predicted octanol–water partition coefficient (Wildman–Crippen LogP) is 4.12. The van der Waals surface area contributed by atoms with Crippen LogP contribution in [0.5, 0.6) is 5.75 Å². The molecule has 2 heterocycles. The lowest BCUT2D eigenvalue weighted by Gasteiger charge is -2.21. The highest BCUT2D eigenvalue weighted by atomic mass is 32.1. The molecular formula is C23H21N3O4S. The summed E-state index contributed by atoms with van der Waals surface area (Å²) in [5.74, 6) is -0.0739. The Morgan fingerprint density at radius 1 is 1.03 bits per heavy atom. The van der Waals surface area contributed by atoms with Gasteiger partial charge < -0.3 is 15.0 Å². The number of nitrogens with zero attached hydrogens (tertiary/aromatic N) is 2. The summed E-state index contributed by atoms with van der Waals surface area (Å²) in [4.78, 5) is 42.6. The van der Waals surface area contributed by atoms with Crippen LogP contribution in [0.25, 0.3) is 0 Å². The highest BCUT2D eigenvalue weighted by Crippen LogP contribution is 2.29. The van der Waals surface area contributed by atoms with Crippen LogP contribution in [0.3, 0.4) is 0 Å². The highest BCUT2D eigenvalue weighted by molar-refractivity contribution is 7.09. The van der Waals surface area contributed by atoms with Gasteiger partial charge in [-0.25, -0.2) is 9.69 Å². The lowest BCUT2D eigenvalue weighted by molar-refractivity contribution is -0.124. The van der Waals surface area contributed by atoms with Crippen LogP contribution in [0.4, 0.5) is 16.2 Å². The van der Waals surface area contributed by atoms with Gasteiger partial charge in [-0.15, -0.1) is 11.3 Å². The predicted molar refractivity (Wildman–Crippen MR) is 119 cm³/mol. The third kappa shape index (κ3) is 4.44. The second kappa shape index (κ2) is 9.01. The van der Waals surface area contributed by atoms with E-state index in [0.717, 1.165) is 9.78 Å².